The maximum Gasteiger partial charge on any atom is 0.340 e. The van der Waals surface area contributed by atoms with Crippen LogP contribution in [0.25, 0.3) is 0 Å². The number of benzene rings is 1. The summed E-state index contributed by atoms with van der Waals surface area (Å²) in [6, 6.07) is -0.783. The average Bonchev–Trinajstić information content (AvgIpc) is 2.46. The number of urea groups is 1. The van der Waals surface area contributed by atoms with Gasteiger partial charge in [-0.05, 0) is 13.0 Å². The van der Waals surface area contributed by atoms with Gasteiger partial charge < -0.3 is 10.1 Å². The Hall–Kier alpha value is -1.35. The number of imide groups is 1. The van der Waals surface area contributed by atoms with E-state index in [4.69, 9.17) is 46.4 Å². The first-order valence-electron chi connectivity index (χ1n) is 6.02. The van der Waals surface area contributed by atoms with Crippen LogP contribution in [0.5, 0.6) is 0 Å². The summed E-state index contributed by atoms with van der Waals surface area (Å²) >= 11 is 21.1. The Balaban J connectivity index is 3.18. The highest BCUT2D eigenvalue weighted by Crippen LogP contribution is 2.30. The number of ether oxygens (including phenoxy) is 1. The monoisotopic (exact) mass is 422 g/mol. The Labute approximate surface area is 154 Å². The number of alkyl halides is 3. The quantitative estimate of drug-likeness (QED) is 0.439. The largest absolute Gasteiger partial charge is 0.462 e. The molecule has 0 aliphatic carbocycles. The van der Waals surface area contributed by atoms with Gasteiger partial charge in [0.05, 0.1) is 17.9 Å². The maximum atomic E-state index is 14.1. The van der Waals surface area contributed by atoms with Crippen molar-refractivity contribution in [3.8, 4) is 0 Å². The molecule has 0 radical (unpaired) electrons. The van der Waals surface area contributed by atoms with E-state index in [1.165, 1.54) is 6.92 Å². The van der Waals surface area contributed by atoms with Gasteiger partial charge in [0, 0.05) is 0 Å². The number of nitrogens with one attached hydrogen (secondary N) is 2. The van der Waals surface area contributed by atoms with E-state index >= 15 is 0 Å². The molecule has 132 valence electrons. The van der Waals surface area contributed by atoms with Crippen molar-refractivity contribution >= 4 is 70.0 Å². The minimum Gasteiger partial charge on any atom is -0.462 e. The van der Waals surface area contributed by atoms with Crippen LogP contribution in [0.4, 0.5) is 19.3 Å². The SMILES string of the molecule is CCOC(=O)c1cc(F)c(Cl)c(F)c1NC(=O)NC(=O)C(Cl)(Cl)Cl. The van der Waals surface area contributed by atoms with Crippen LogP contribution in [0.1, 0.15) is 17.3 Å². The number of carbonyl (C=O) groups is 3. The summed E-state index contributed by atoms with van der Waals surface area (Å²) in [6.45, 7) is 1.36. The molecule has 24 heavy (non-hydrogen) atoms. The molecule has 1 aromatic rings. The summed E-state index contributed by atoms with van der Waals surface area (Å²) in [5.41, 5.74) is -1.47. The molecule has 0 saturated carbocycles. The highest BCUT2D eigenvalue weighted by molar-refractivity contribution is 6.76. The smallest absolute Gasteiger partial charge is 0.340 e. The van der Waals surface area contributed by atoms with Crippen LogP contribution in [-0.4, -0.2) is 28.3 Å². The van der Waals surface area contributed by atoms with Crippen LogP contribution >= 0.6 is 46.4 Å². The van der Waals surface area contributed by atoms with E-state index in [2.05, 4.69) is 4.74 Å². The number of rotatable bonds is 3. The normalized spacial score (nSPS) is 11.0. The molecule has 2 N–H and O–H groups in total. The van der Waals surface area contributed by atoms with Crippen LogP contribution in [0.2, 0.25) is 5.02 Å². The van der Waals surface area contributed by atoms with Crippen molar-refractivity contribution in [1.82, 2.24) is 5.32 Å². The summed E-state index contributed by atoms with van der Waals surface area (Å²) in [6.07, 6.45) is 0. The molecule has 0 fully saturated rings. The van der Waals surface area contributed by atoms with Crippen LogP contribution < -0.4 is 10.6 Å². The zero-order valence-electron chi connectivity index (χ0n) is 11.7. The van der Waals surface area contributed by atoms with E-state index in [1.807, 2.05) is 5.32 Å². The summed E-state index contributed by atoms with van der Waals surface area (Å²) in [5, 5.41) is 2.42. The van der Waals surface area contributed by atoms with Crippen LogP contribution in [0, 0.1) is 11.6 Å². The van der Waals surface area contributed by atoms with Gasteiger partial charge in [0.2, 0.25) is 0 Å². The molecule has 0 bridgehead atoms. The van der Waals surface area contributed by atoms with Crippen molar-refractivity contribution in [1.29, 1.82) is 0 Å². The molecule has 0 aromatic heterocycles. The van der Waals surface area contributed by atoms with E-state index in [9.17, 15) is 23.2 Å². The maximum absolute atomic E-state index is 14.1. The Morgan fingerprint density at radius 2 is 1.83 bits per heavy atom. The first kappa shape index (κ1) is 20.7. The van der Waals surface area contributed by atoms with Gasteiger partial charge in [0.1, 0.15) is 10.8 Å². The molecule has 6 nitrogen and oxygen atoms in total. The zero-order valence-corrected chi connectivity index (χ0v) is 14.7. The predicted molar refractivity (Wildman–Crippen MR) is 84.8 cm³/mol. The molecule has 0 spiro atoms. The van der Waals surface area contributed by atoms with E-state index < -0.39 is 49.6 Å². The lowest BCUT2D eigenvalue weighted by Crippen LogP contribution is -2.41. The molecular weight excluding hydrogens is 416 g/mol. The van der Waals surface area contributed by atoms with Gasteiger partial charge in [-0.1, -0.05) is 46.4 Å². The van der Waals surface area contributed by atoms with Gasteiger partial charge in [-0.2, -0.15) is 0 Å². The first-order valence-corrected chi connectivity index (χ1v) is 7.54. The van der Waals surface area contributed by atoms with E-state index in [1.54, 1.807) is 5.32 Å². The van der Waals surface area contributed by atoms with Crippen LogP contribution in [0.15, 0.2) is 6.07 Å². The number of hydrogen-bond acceptors (Lipinski definition) is 4. The first-order chi connectivity index (χ1) is 11.0. The van der Waals surface area contributed by atoms with E-state index in [0.717, 1.165) is 0 Å². The summed E-state index contributed by atoms with van der Waals surface area (Å²) in [4.78, 5) is 34.8. The Bertz CT molecular complexity index is 695. The summed E-state index contributed by atoms with van der Waals surface area (Å²) < 4.78 is 29.7. The number of hydrogen-bond donors (Lipinski definition) is 2. The zero-order chi connectivity index (χ0) is 18.7. The third kappa shape index (κ3) is 5.07. The molecule has 12 heteroatoms. The van der Waals surface area contributed by atoms with Crippen LogP contribution in [0.3, 0.4) is 0 Å². The number of carbonyl (C=O) groups excluding carboxylic acids is 3. The fourth-order valence-electron chi connectivity index (χ4n) is 1.41. The third-order valence-corrected chi connectivity index (χ3v) is 3.24. The fourth-order valence-corrected chi connectivity index (χ4v) is 1.70. The highest BCUT2D eigenvalue weighted by Gasteiger charge is 2.32. The minimum absolute atomic E-state index is 0.0952. The molecule has 0 unspecified atom stereocenters. The average molecular weight is 424 g/mol. The van der Waals surface area contributed by atoms with Gasteiger partial charge in [-0.3, -0.25) is 10.1 Å². The van der Waals surface area contributed by atoms with E-state index in [-0.39, 0.29) is 6.61 Å². The molecule has 0 aliphatic rings. The van der Waals surface area contributed by atoms with Crippen molar-refractivity contribution in [3.63, 3.8) is 0 Å². The second kappa shape index (κ2) is 8.15. The summed E-state index contributed by atoms with van der Waals surface area (Å²) in [7, 11) is 0. The second-order valence-corrected chi connectivity index (χ2v) is 6.69. The predicted octanol–water partition coefficient (Wildman–Crippen LogP) is 3.81. The lowest BCUT2D eigenvalue weighted by molar-refractivity contribution is -0.119. The fraction of sp³-hybridized carbons (Fsp3) is 0.250. The van der Waals surface area contributed by atoms with Gasteiger partial charge >= 0.3 is 12.0 Å². The molecule has 0 heterocycles. The molecule has 0 atom stereocenters. The number of esters is 1. The number of amides is 3. The van der Waals surface area contributed by atoms with Crippen molar-refractivity contribution < 1.29 is 27.9 Å². The molecule has 1 rings (SSSR count). The summed E-state index contributed by atoms with van der Waals surface area (Å²) in [5.74, 6) is -5.16. The van der Waals surface area contributed by atoms with Crippen molar-refractivity contribution in [3.05, 3.63) is 28.3 Å². The van der Waals surface area contributed by atoms with Crippen molar-refractivity contribution in [2.45, 2.75) is 10.7 Å². The number of anilines is 1. The lowest BCUT2D eigenvalue weighted by Gasteiger charge is -2.14. The molecule has 1 aromatic carbocycles. The number of halogens is 6. The minimum atomic E-state index is -2.46. The van der Waals surface area contributed by atoms with Crippen LogP contribution in [-0.2, 0) is 9.53 Å². The Kier molecular flexibility index (Phi) is 7.03. The van der Waals surface area contributed by atoms with Gasteiger partial charge in [0.25, 0.3) is 9.70 Å². The molecule has 0 saturated heterocycles. The van der Waals surface area contributed by atoms with Gasteiger partial charge in [-0.15, -0.1) is 0 Å². The van der Waals surface area contributed by atoms with Crippen molar-refractivity contribution in [2.75, 3.05) is 11.9 Å². The van der Waals surface area contributed by atoms with E-state index in [0.29, 0.717) is 6.07 Å². The highest BCUT2D eigenvalue weighted by atomic mass is 35.6. The molecular formula is C12H8Cl4F2N2O4. The van der Waals surface area contributed by atoms with Crippen molar-refractivity contribution in [2.24, 2.45) is 0 Å². The second-order valence-electron chi connectivity index (χ2n) is 4.04. The molecule has 3 amide bonds. The molecule has 0 aliphatic heterocycles. The lowest BCUT2D eigenvalue weighted by atomic mass is 10.1. The Morgan fingerprint density at radius 1 is 1.25 bits per heavy atom. The topological polar surface area (TPSA) is 84.5 Å². The standard InChI is InChI=1S/C12H8Cl4F2N2O4/c1-2-24-9(21)4-3-5(17)6(13)7(18)8(4)19-11(23)20-10(22)12(14,15)16/h3H,2H2,1H3,(H2,19,20,22,23). The Morgan fingerprint density at radius 3 is 2.33 bits per heavy atom. The third-order valence-electron chi connectivity index (χ3n) is 2.38. The van der Waals surface area contributed by atoms with Gasteiger partial charge in [0.15, 0.2) is 5.82 Å². The van der Waals surface area contributed by atoms with Gasteiger partial charge in [-0.25, -0.2) is 18.4 Å².